The molecule has 0 aliphatic carbocycles. The predicted molar refractivity (Wildman–Crippen MR) is 60.6 cm³/mol. The average molecular weight is 224 g/mol. The fourth-order valence-corrected chi connectivity index (χ4v) is 1.61. The molecule has 0 amide bonds. The molecule has 88 valence electrons. The number of aromatic amines is 1. The quantitative estimate of drug-likeness (QED) is 0.722. The number of rotatable bonds is 4. The summed E-state index contributed by atoms with van der Waals surface area (Å²) in [5, 5.41) is 9.41. The van der Waals surface area contributed by atoms with Crippen molar-refractivity contribution in [3.63, 3.8) is 0 Å². The molecule has 1 aromatic rings. The van der Waals surface area contributed by atoms with E-state index in [9.17, 15) is 4.79 Å². The van der Waals surface area contributed by atoms with E-state index in [1.165, 1.54) is 6.07 Å². The molecule has 6 heteroatoms. The van der Waals surface area contributed by atoms with Gasteiger partial charge in [0.25, 0.3) is 5.56 Å². The summed E-state index contributed by atoms with van der Waals surface area (Å²) >= 11 is 0. The number of hydrogen-bond donors (Lipinski definition) is 2. The Morgan fingerprint density at radius 2 is 2.25 bits per heavy atom. The van der Waals surface area contributed by atoms with E-state index >= 15 is 0 Å². The van der Waals surface area contributed by atoms with Gasteiger partial charge in [-0.05, 0) is 6.07 Å². The van der Waals surface area contributed by atoms with Crippen LogP contribution in [0.5, 0.6) is 0 Å². The summed E-state index contributed by atoms with van der Waals surface area (Å²) in [6.45, 7) is 5.39. The van der Waals surface area contributed by atoms with Gasteiger partial charge >= 0.3 is 0 Å². The minimum Gasteiger partial charge on any atom is -0.379 e. The first-order chi connectivity index (χ1) is 7.84. The van der Waals surface area contributed by atoms with E-state index < -0.39 is 0 Å². The monoisotopic (exact) mass is 224 g/mol. The highest BCUT2D eigenvalue weighted by atomic mass is 16.5. The second-order valence-electron chi connectivity index (χ2n) is 3.69. The van der Waals surface area contributed by atoms with Gasteiger partial charge in [-0.1, -0.05) is 0 Å². The third-order valence-corrected chi connectivity index (χ3v) is 2.52. The van der Waals surface area contributed by atoms with Crippen LogP contribution in [0.25, 0.3) is 0 Å². The molecule has 0 atom stereocenters. The second-order valence-corrected chi connectivity index (χ2v) is 3.69. The van der Waals surface area contributed by atoms with Gasteiger partial charge in [0, 0.05) is 32.2 Å². The molecule has 2 rings (SSSR count). The van der Waals surface area contributed by atoms with Gasteiger partial charge in [0.15, 0.2) is 0 Å². The summed E-state index contributed by atoms with van der Waals surface area (Å²) in [5.41, 5.74) is -0.182. The van der Waals surface area contributed by atoms with E-state index in [4.69, 9.17) is 4.74 Å². The molecule has 1 saturated heterocycles. The summed E-state index contributed by atoms with van der Waals surface area (Å²) in [5.74, 6) is 0.702. The minimum atomic E-state index is -0.182. The van der Waals surface area contributed by atoms with E-state index in [0.717, 1.165) is 39.4 Å². The Morgan fingerprint density at radius 1 is 1.44 bits per heavy atom. The summed E-state index contributed by atoms with van der Waals surface area (Å²) < 4.78 is 5.26. The van der Waals surface area contributed by atoms with Crippen molar-refractivity contribution >= 4 is 5.82 Å². The molecule has 1 aliphatic heterocycles. The van der Waals surface area contributed by atoms with Crippen LogP contribution in [0.4, 0.5) is 5.82 Å². The molecule has 0 spiro atoms. The molecule has 1 aliphatic rings. The van der Waals surface area contributed by atoms with Crippen molar-refractivity contribution in [1.29, 1.82) is 0 Å². The maximum Gasteiger partial charge on any atom is 0.264 e. The Labute approximate surface area is 93.6 Å². The summed E-state index contributed by atoms with van der Waals surface area (Å²) in [7, 11) is 0. The Hall–Kier alpha value is -1.40. The number of nitrogens with one attached hydrogen (secondary N) is 2. The number of nitrogens with zero attached hydrogens (tertiary/aromatic N) is 2. The van der Waals surface area contributed by atoms with Gasteiger partial charge in [-0.3, -0.25) is 9.69 Å². The largest absolute Gasteiger partial charge is 0.379 e. The number of H-pyrrole nitrogens is 1. The molecule has 2 N–H and O–H groups in total. The Kier molecular flexibility index (Phi) is 3.90. The Bertz CT molecular complexity index is 353. The minimum absolute atomic E-state index is 0.182. The van der Waals surface area contributed by atoms with Crippen LogP contribution in [0, 0.1) is 0 Å². The van der Waals surface area contributed by atoms with Crippen LogP contribution >= 0.6 is 0 Å². The van der Waals surface area contributed by atoms with Crippen molar-refractivity contribution in [2.45, 2.75) is 0 Å². The summed E-state index contributed by atoms with van der Waals surface area (Å²) in [4.78, 5) is 13.1. The maximum atomic E-state index is 10.8. The van der Waals surface area contributed by atoms with Crippen LogP contribution in [-0.4, -0.2) is 54.5 Å². The Morgan fingerprint density at radius 3 is 2.94 bits per heavy atom. The van der Waals surface area contributed by atoms with Gasteiger partial charge in [0.2, 0.25) is 0 Å². The summed E-state index contributed by atoms with van der Waals surface area (Å²) in [6, 6.07) is 3.14. The molecule has 2 heterocycles. The van der Waals surface area contributed by atoms with E-state index in [-0.39, 0.29) is 5.56 Å². The van der Waals surface area contributed by atoms with Gasteiger partial charge < -0.3 is 10.1 Å². The van der Waals surface area contributed by atoms with Gasteiger partial charge in [-0.2, -0.15) is 5.10 Å². The molecule has 1 fully saturated rings. The summed E-state index contributed by atoms with van der Waals surface area (Å²) in [6.07, 6.45) is 0. The van der Waals surface area contributed by atoms with Gasteiger partial charge in [-0.15, -0.1) is 0 Å². The fraction of sp³-hybridized carbons (Fsp3) is 0.600. The Balaban J connectivity index is 1.71. The van der Waals surface area contributed by atoms with Gasteiger partial charge in [0.05, 0.1) is 13.2 Å². The van der Waals surface area contributed by atoms with Crippen LogP contribution in [0.15, 0.2) is 16.9 Å². The van der Waals surface area contributed by atoms with Crippen LogP contribution in [0.2, 0.25) is 0 Å². The maximum absolute atomic E-state index is 10.8. The highest BCUT2D eigenvalue weighted by Gasteiger charge is 2.08. The normalized spacial score (nSPS) is 17.2. The lowest BCUT2D eigenvalue weighted by Crippen LogP contribution is -2.39. The molecular formula is C10H16N4O2. The standard InChI is InChI=1S/C10H16N4O2/c15-10-2-1-9(12-13-10)11-3-4-14-5-7-16-8-6-14/h1-2H,3-8H2,(H,11,12)(H,13,15). The third kappa shape index (κ3) is 3.32. The number of morpholine rings is 1. The first kappa shape index (κ1) is 11.1. The molecule has 0 unspecified atom stereocenters. The highest BCUT2D eigenvalue weighted by molar-refractivity contribution is 5.31. The number of aromatic nitrogens is 2. The van der Waals surface area contributed by atoms with Crippen molar-refractivity contribution in [2.75, 3.05) is 44.7 Å². The molecule has 0 aromatic carbocycles. The first-order valence-corrected chi connectivity index (χ1v) is 5.44. The van der Waals surface area contributed by atoms with Crippen molar-refractivity contribution in [3.8, 4) is 0 Å². The first-order valence-electron chi connectivity index (χ1n) is 5.44. The van der Waals surface area contributed by atoms with Crippen molar-refractivity contribution < 1.29 is 4.74 Å². The molecule has 0 saturated carbocycles. The lowest BCUT2D eigenvalue weighted by Gasteiger charge is -2.26. The van der Waals surface area contributed by atoms with Crippen LogP contribution < -0.4 is 10.9 Å². The molecule has 1 aromatic heterocycles. The fourth-order valence-electron chi connectivity index (χ4n) is 1.61. The van der Waals surface area contributed by atoms with Crippen molar-refractivity contribution in [1.82, 2.24) is 15.1 Å². The van der Waals surface area contributed by atoms with Gasteiger partial charge in [0.1, 0.15) is 5.82 Å². The number of anilines is 1. The lowest BCUT2D eigenvalue weighted by molar-refractivity contribution is 0.0398. The van der Waals surface area contributed by atoms with Crippen molar-refractivity contribution in [3.05, 3.63) is 22.5 Å². The zero-order valence-electron chi connectivity index (χ0n) is 9.11. The van der Waals surface area contributed by atoms with E-state index in [2.05, 4.69) is 20.4 Å². The van der Waals surface area contributed by atoms with Crippen molar-refractivity contribution in [2.24, 2.45) is 0 Å². The van der Waals surface area contributed by atoms with Crippen LogP contribution in [-0.2, 0) is 4.74 Å². The van der Waals surface area contributed by atoms with Crippen LogP contribution in [0.1, 0.15) is 0 Å². The highest BCUT2D eigenvalue weighted by Crippen LogP contribution is 1.98. The molecular weight excluding hydrogens is 208 g/mol. The lowest BCUT2D eigenvalue weighted by atomic mass is 10.4. The van der Waals surface area contributed by atoms with E-state index in [1.807, 2.05) is 0 Å². The second kappa shape index (κ2) is 5.62. The molecule has 0 bridgehead atoms. The molecule has 0 radical (unpaired) electrons. The third-order valence-electron chi connectivity index (χ3n) is 2.52. The topological polar surface area (TPSA) is 70.2 Å². The van der Waals surface area contributed by atoms with E-state index in [0.29, 0.717) is 5.82 Å². The average Bonchev–Trinajstić information content (AvgIpc) is 2.33. The molecule has 6 nitrogen and oxygen atoms in total. The predicted octanol–water partition coefficient (Wildman–Crippen LogP) is -0.486. The van der Waals surface area contributed by atoms with E-state index in [1.54, 1.807) is 6.07 Å². The SMILES string of the molecule is O=c1ccc(NCCN2CCOCC2)n[nH]1. The molecule has 16 heavy (non-hydrogen) atoms. The van der Waals surface area contributed by atoms with Crippen LogP contribution in [0.3, 0.4) is 0 Å². The van der Waals surface area contributed by atoms with Gasteiger partial charge in [-0.25, -0.2) is 5.10 Å². The zero-order valence-corrected chi connectivity index (χ0v) is 9.11. The number of ether oxygens (including phenoxy) is 1. The number of hydrogen-bond acceptors (Lipinski definition) is 5. The smallest absolute Gasteiger partial charge is 0.264 e. The zero-order chi connectivity index (χ0) is 11.2.